The summed E-state index contributed by atoms with van der Waals surface area (Å²) in [7, 11) is 0. The van der Waals surface area contributed by atoms with Crippen LogP contribution in [0, 0.1) is 17.5 Å². The van der Waals surface area contributed by atoms with Crippen LogP contribution < -0.4 is 0 Å². The van der Waals surface area contributed by atoms with E-state index in [1.54, 1.807) is 6.07 Å². The van der Waals surface area contributed by atoms with Crippen molar-refractivity contribution in [2.75, 3.05) is 0 Å². The molecule has 96 valence electrons. The maximum atomic E-state index is 13.2. The molecule has 0 atom stereocenters. The molecule has 2 nitrogen and oxygen atoms in total. The summed E-state index contributed by atoms with van der Waals surface area (Å²) in [6, 6.07) is 12.7. The van der Waals surface area contributed by atoms with E-state index in [4.69, 9.17) is 12.2 Å². The molecule has 0 aliphatic heterocycles. The number of nitrogens with zero attached hydrogens (tertiary/aromatic N) is 1. The lowest BCUT2D eigenvalue weighted by molar-refractivity contribution is 0.623. The zero-order valence-corrected chi connectivity index (χ0v) is 11.3. The molecule has 1 heterocycles. The van der Waals surface area contributed by atoms with Gasteiger partial charge in [0.05, 0.1) is 17.6 Å². The zero-order chi connectivity index (χ0) is 13.4. The van der Waals surface area contributed by atoms with Crippen LogP contribution in [0.15, 0.2) is 42.5 Å². The lowest BCUT2D eigenvalue weighted by Gasteiger charge is -2.05. The third-order valence-electron chi connectivity index (χ3n) is 3.16. The monoisotopic (exact) mass is 272 g/mol. The Morgan fingerprint density at radius 3 is 2.84 bits per heavy atom. The van der Waals surface area contributed by atoms with Crippen molar-refractivity contribution < 1.29 is 4.39 Å². The largest absolute Gasteiger partial charge is 0.331 e. The number of fused-ring (bicyclic) bond motifs is 1. The average molecular weight is 272 g/mol. The Balaban J connectivity index is 2.10. The predicted octanol–water partition coefficient (Wildman–Crippen LogP) is 4.19. The maximum absolute atomic E-state index is 13.2. The number of rotatable bonds is 2. The van der Waals surface area contributed by atoms with Gasteiger partial charge in [-0.3, -0.25) is 0 Å². The van der Waals surface area contributed by atoms with Gasteiger partial charge in [-0.1, -0.05) is 18.2 Å². The van der Waals surface area contributed by atoms with Gasteiger partial charge in [0.1, 0.15) is 5.82 Å². The molecule has 19 heavy (non-hydrogen) atoms. The van der Waals surface area contributed by atoms with Crippen LogP contribution in [0.25, 0.3) is 11.0 Å². The first-order chi connectivity index (χ1) is 9.13. The number of H-pyrrole nitrogens is 1. The molecule has 0 unspecified atom stereocenters. The quantitative estimate of drug-likeness (QED) is 0.694. The molecular weight excluding hydrogens is 259 g/mol. The van der Waals surface area contributed by atoms with Crippen molar-refractivity contribution in [3.05, 3.63) is 64.2 Å². The maximum Gasteiger partial charge on any atom is 0.178 e. The van der Waals surface area contributed by atoms with Crippen LogP contribution in [0.5, 0.6) is 0 Å². The topological polar surface area (TPSA) is 20.7 Å². The van der Waals surface area contributed by atoms with Crippen molar-refractivity contribution in [1.29, 1.82) is 0 Å². The number of nitrogens with one attached hydrogen (secondary N) is 1. The molecule has 1 aromatic heterocycles. The summed E-state index contributed by atoms with van der Waals surface area (Å²) in [6.07, 6.45) is 0. The number of benzene rings is 2. The Bertz CT molecular complexity index is 801. The minimum atomic E-state index is -0.222. The lowest BCUT2D eigenvalue weighted by atomic mass is 10.2. The molecule has 0 saturated carbocycles. The summed E-state index contributed by atoms with van der Waals surface area (Å²) in [5.74, 6) is -0.222. The highest BCUT2D eigenvalue weighted by atomic mass is 32.1. The smallest absolute Gasteiger partial charge is 0.178 e. The molecule has 0 radical (unpaired) electrons. The normalized spacial score (nSPS) is 11.1. The van der Waals surface area contributed by atoms with Gasteiger partial charge < -0.3 is 9.55 Å². The van der Waals surface area contributed by atoms with Crippen LogP contribution in [-0.4, -0.2) is 9.55 Å². The molecule has 0 bridgehead atoms. The van der Waals surface area contributed by atoms with Crippen LogP contribution in [-0.2, 0) is 6.54 Å². The highest BCUT2D eigenvalue weighted by Gasteiger charge is 2.05. The molecule has 0 fully saturated rings. The van der Waals surface area contributed by atoms with Crippen LogP contribution in [0.1, 0.15) is 11.1 Å². The molecule has 2 aromatic carbocycles. The van der Waals surface area contributed by atoms with Gasteiger partial charge in [-0.2, -0.15) is 0 Å². The van der Waals surface area contributed by atoms with E-state index in [1.807, 2.05) is 29.7 Å². The van der Waals surface area contributed by atoms with E-state index < -0.39 is 0 Å². The molecule has 0 spiro atoms. The first kappa shape index (κ1) is 12.1. The number of halogens is 1. The van der Waals surface area contributed by atoms with Gasteiger partial charge >= 0.3 is 0 Å². The highest BCUT2D eigenvalue weighted by Crippen LogP contribution is 2.17. The van der Waals surface area contributed by atoms with Crippen molar-refractivity contribution in [3.63, 3.8) is 0 Å². The van der Waals surface area contributed by atoms with Gasteiger partial charge in [-0.05, 0) is 54.5 Å². The molecule has 3 aromatic rings. The fraction of sp³-hybridized carbons (Fsp3) is 0.133. The number of aryl methyl sites for hydroxylation is 1. The fourth-order valence-electron chi connectivity index (χ4n) is 2.25. The van der Waals surface area contributed by atoms with E-state index in [2.05, 4.69) is 11.1 Å². The SMILES string of the molecule is Cc1ccc2c(c1)[nH]c(=S)n2Cc1cccc(F)c1. The van der Waals surface area contributed by atoms with E-state index in [1.165, 1.54) is 17.7 Å². The number of aromatic amines is 1. The molecule has 0 saturated heterocycles. The number of hydrogen-bond donors (Lipinski definition) is 1. The van der Waals surface area contributed by atoms with Crippen LogP contribution in [0.2, 0.25) is 0 Å². The zero-order valence-electron chi connectivity index (χ0n) is 10.5. The number of hydrogen-bond acceptors (Lipinski definition) is 1. The molecule has 4 heteroatoms. The fourth-order valence-corrected chi connectivity index (χ4v) is 2.53. The first-order valence-electron chi connectivity index (χ1n) is 6.07. The van der Waals surface area contributed by atoms with Crippen LogP contribution in [0.4, 0.5) is 4.39 Å². The second-order valence-electron chi connectivity index (χ2n) is 4.67. The Labute approximate surface area is 115 Å². The summed E-state index contributed by atoms with van der Waals surface area (Å²) in [5.41, 5.74) is 4.14. The third-order valence-corrected chi connectivity index (χ3v) is 3.48. The second-order valence-corrected chi connectivity index (χ2v) is 5.05. The van der Waals surface area contributed by atoms with E-state index in [9.17, 15) is 4.39 Å². The van der Waals surface area contributed by atoms with Gasteiger partial charge in [0.25, 0.3) is 0 Å². The van der Waals surface area contributed by atoms with Crippen LogP contribution >= 0.6 is 12.2 Å². The molecule has 0 aliphatic carbocycles. The predicted molar refractivity (Wildman–Crippen MR) is 77.4 cm³/mol. The Morgan fingerprint density at radius 2 is 2.05 bits per heavy atom. The Kier molecular flexibility index (Phi) is 2.95. The van der Waals surface area contributed by atoms with E-state index in [-0.39, 0.29) is 5.82 Å². The summed E-state index contributed by atoms with van der Waals surface area (Å²) in [4.78, 5) is 3.19. The number of imidazole rings is 1. The summed E-state index contributed by atoms with van der Waals surface area (Å²) < 4.78 is 15.9. The minimum absolute atomic E-state index is 0.222. The van der Waals surface area contributed by atoms with Gasteiger partial charge in [0, 0.05) is 0 Å². The molecular formula is C15H13FN2S. The summed E-state index contributed by atoms with van der Waals surface area (Å²) in [5, 5.41) is 0. The number of aromatic nitrogens is 2. The van der Waals surface area contributed by atoms with Gasteiger partial charge in [-0.15, -0.1) is 0 Å². The van der Waals surface area contributed by atoms with Crippen LogP contribution in [0.3, 0.4) is 0 Å². The van der Waals surface area contributed by atoms with Crippen molar-refractivity contribution in [1.82, 2.24) is 9.55 Å². The molecule has 3 rings (SSSR count). The van der Waals surface area contributed by atoms with E-state index >= 15 is 0 Å². The van der Waals surface area contributed by atoms with E-state index in [0.717, 1.165) is 16.6 Å². The van der Waals surface area contributed by atoms with Crippen molar-refractivity contribution in [3.8, 4) is 0 Å². The average Bonchev–Trinajstić information content (AvgIpc) is 2.65. The van der Waals surface area contributed by atoms with Crippen molar-refractivity contribution in [2.24, 2.45) is 0 Å². The molecule has 0 amide bonds. The first-order valence-corrected chi connectivity index (χ1v) is 6.48. The van der Waals surface area contributed by atoms with Gasteiger partial charge in [0.2, 0.25) is 0 Å². The van der Waals surface area contributed by atoms with Gasteiger partial charge in [-0.25, -0.2) is 4.39 Å². The van der Waals surface area contributed by atoms with Gasteiger partial charge in [0.15, 0.2) is 4.77 Å². The van der Waals surface area contributed by atoms with Crippen molar-refractivity contribution >= 4 is 23.3 Å². The Morgan fingerprint density at radius 1 is 1.21 bits per heavy atom. The van der Waals surface area contributed by atoms with E-state index in [0.29, 0.717) is 11.3 Å². The molecule has 1 N–H and O–H groups in total. The highest BCUT2D eigenvalue weighted by molar-refractivity contribution is 7.71. The Hall–Kier alpha value is -1.94. The summed E-state index contributed by atoms with van der Waals surface area (Å²) in [6.45, 7) is 2.61. The minimum Gasteiger partial charge on any atom is -0.331 e. The molecule has 0 aliphatic rings. The second kappa shape index (κ2) is 4.63. The van der Waals surface area contributed by atoms with Crippen molar-refractivity contribution in [2.45, 2.75) is 13.5 Å². The summed E-state index contributed by atoms with van der Waals surface area (Å²) >= 11 is 5.34. The lowest BCUT2D eigenvalue weighted by Crippen LogP contribution is -1.99. The third kappa shape index (κ3) is 2.31. The standard InChI is InChI=1S/C15H13FN2S/c1-10-5-6-14-13(7-10)17-15(19)18(14)9-11-3-2-4-12(16)8-11/h2-8H,9H2,1H3,(H,17,19).